The Kier molecular flexibility index (Phi) is 3.05. The molecule has 0 saturated heterocycles. The van der Waals surface area contributed by atoms with Gasteiger partial charge in [-0.15, -0.1) is 0 Å². The van der Waals surface area contributed by atoms with Crippen molar-refractivity contribution in [3.63, 3.8) is 0 Å². The van der Waals surface area contributed by atoms with Crippen LogP contribution in [-0.4, -0.2) is 14.5 Å². The average molecular weight is 247 g/mol. The Hall–Kier alpha value is -2.70. The van der Waals surface area contributed by atoms with Gasteiger partial charge in [0.05, 0.1) is 11.5 Å². The van der Waals surface area contributed by atoms with Gasteiger partial charge in [0.25, 0.3) is 5.69 Å². The topological polar surface area (TPSA) is 98.0 Å². The van der Waals surface area contributed by atoms with E-state index in [-0.39, 0.29) is 12.2 Å². The van der Waals surface area contributed by atoms with E-state index in [2.05, 4.69) is 4.98 Å². The van der Waals surface area contributed by atoms with Crippen molar-refractivity contribution >= 4 is 5.69 Å². The normalized spacial score (nSPS) is 10.2. The fraction of sp³-hybridized carbons (Fsp3) is 0.0909. The van der Waals surface area contributed by atoms with Crippen molar-refractivity contribution in [1.29, 1.82) is 0 Å². The summed E-state index contributed by atoms with van der Waals surface area (Å²) in [6.45, 7) is -0.0140. The summed E-state index contributed by atoms with van der Waals surface area (Å²) in [6.07, 6.45) is 2.69. The molecule has 2 aromatic rings. The Morgan fingerprint density at radius 1 is 1.28 bits per heavy atom. The Bertz CT molecular complexity index is 702. The lowest BCUT2D eigenvalue weighted by atomic mass is 10.2. The summed E-state index contributed by atoms with van der Waals surface area (Å²) in [4.78, 5) is 35.2. The van der Waals surface area contributed by atoms with E-state index < -0.39 is 16.0 Å². The number of hydrogen-bond donors (Lipinski definition) is 1. The van der Waals surface area contributed by atoms with Crippen LogP contribution in [0, 0.1) is 10.1 Å². The van der Waals surface area contributed by atoms with Crippen LogP contribution in [0.25, 0.3) is 0 Å². The van der Waals surface area contributed by atoms with Gasteiger partial charge in [0.15, 0.2) is 0 Å². The number of benzene rings is 1. The SMILES string of the molecule is O=c1[nH]ccn(Cc2ccccc2[N+](=O)[O-])c1=O. The van der Waals surface area contributed by atoms with E-state index in [0.717, 1.165) is 4.57 Å². The molecule has 0 fully saturated rings. The van der Waals surface area contributed by atoms with Crippen molar-refractivity contribution < 1.29 is 4.92 Å². The predicted octanol–water partition coefficient (Wildman–Crippen LogP) is 0.493. The van der Waals surface area contributed by atoms with E-state index in [1.54, 1.807) is 18.2 Å². The summed E-state index contributed by atoms with van der Waals surface area (Å²) in [6, 6.07) is 6.09. The fourth-order valence-corrected chi connectivity index (χ4v) is 1.59. The van der Waals surface area contributed by atoms with Gasteiger partial charge < -0.3 is 9.55 Å². The van der Waals surface area contributed by atoms with Gasteiger partial charge in [-0.2, -0.15) is 0 Å². The van der Waals surface area contributed by atoms with Gasteiger partial charge in [-0.05, 0) is 0 Å². The fourth-order valence-electron chi connectivity index (χ4n) is 1.59. The number of aromatic amines is 1. The van der Waals surface area contributed by atoms with Crippen LogP contribution < -0.4 is 11.1 Å². The number of aromatic nitrogens is 2. The number of rotatable bonds is 3. The molecule has 0 atom stereocenters. The number of nitrogens with zero attached hydrogens (tertiary/aromatic N) is 2. The predicted molar refractivity (Wildman–Crippen MR) is 63.5 cm³/mol. The van der Waals surface area contributed by atoms with Gasteiger partial charge in [-0.25, -0.2) is 0 Å². The highest BCUT2D eigenvalue weighted by Crippen LogP contribution is 2.17. The Morgan fingerprint density at radius 3 is 2.72 bits per heavy atom. The van der Waals surface area contributed by atoms with E-state index in [1.807, 2.05) is 0 Å². The largest absolute Gasteiger partial charge is 0.323 e. The maximum absolute atomic E-state index is 11.5. The lowest BCUT2D eigenvalue weighted by molar-refractivity contribution is -0.385. The quantitative estimate of drug-likeness (QED) is 0.485. The van der Waals surface area contributed by atoms with Crippen molar-refractivity contribution in [3.05, 3.63) is 73.0 Å². The summed E-state index contributed by atoms with van der Waals surface area (Å²) in [5.41, 5.74) is -1.20. The number of nitro benzene ring substituents is 1. The van der Waals surface area contributed by atoms with Gasteiger partial charge >= 0.3 is 11.1 Å². The minimum atomic E-state index is -0.754. The second-order valence-electron chi connectivity index (χ2n) is 3.61. The first-order valence-corrected chi connectivity index (χ1v) is 5.10. The van der Waals surface area contributed by atoms with Crippen LogP contribution in [0.3, 0.4) is 0 Å². The van der Waals surface area contributed by atoms with Crippen molar-refractivity contribution in [2.45, 2.75) is 6.54 Å². The summed E-state index contributed by atoms with van der Waals surface area (Å²) >= 11 is 0. The maximum Gasteiger partial charge on any atom is 0.316 e. The van der Waals surface area contributed by atoms with Crippen molar-refractivity contribution in [2.75, 3.05) is 0 Å². The smallest absolute Gasteiger partial charge is 0.316 e. The first-order chi connectivity index (χ1) is 8.59. The second-order valence-corrected chi connectivity index (χ2v) is 3.61. The van der Waals surface area contributed by atoms with Crippen LogP contribution in [0.5, 0.6) is 0 Å². The third kappa shape index (κ3) is 2.19. The van der Waals surface area contributed by atoms with Gasteiger partial charge in [0, 0.05) is 24.0 Å². The molecule has 7 nitrogen and oxygen atoms in total. The zero-order chi connectivity index (χ0) is 13.1. The molecule has 0 amide bonds. The summed E-state index contributed by atoms with van der Waals surface area (Å²) in [5, 5.41) is 10.8. The van der Waals surface area contributed by atoms with E-state index in [9.17, 15) is 19.7 Å². The third-order valence-electron chi connectivity index (χ3n) is 2.45. The highest BCUT2D eigenvalue weighted by atomic mass is 16.6. The lowest BCUT2D eigenvalue weighted by Gasteiger charge is -2.05. The lowest BCUT2D eigenvalue weighted by Crippen LogP contribution is -2.35. The molecule has 1 aromatic heterocycles. The standard InChI is InChI=1S/C11H9N3O4/c15-10-11(16)13(6-5-12-10)7-8-3-1-2-4-9(8)14(17)18/h1-6H,7H2,(H,12,15). The third-order valence-corrected chi connectivity index (χ3v) is 2.45. The minimum absolute atomic E-state index is 0.0140. The molecule has 0 aliphatic carbocycles. The Labute approximate surface area is 100 Å². The molecular weight excluding hydrogens is 238 g/mol. The van der Waals surface area contributed by atoms with Crippen LogP contribution >= 0.6 is 0 Å². The van der Waals surface area contributed by atoms with Gasteiger partial charge in [-0.1, -0.05) is 18.2 Å². The molecule has 0 saturated carbocycles. The number of para-hydroxylation sites is 1. The van der Waals surface area contributed by atoms with E-state index in [4.69, 9.17) is 0 Å². The van der Waals surface area contributed by atoms with Crippen LogP contribution in [0.4, 0.5) is 5.69 Å². The van der Waals surface area contributed by atoms with Crippen LogP contribution in [0.15, 0.2) is 46.2 Å². The molecule has 1 heterocycles. The monoisotopic (exact) mass is 247 g/mol. The molecule has 0 unspecified atom stereocenters. The van der Waals surface area contributed by atoms with Crippen molar-refractivity contribution in [3.8, 4) is 0 Å². The maximum atomic E-state index is 11.5. The van der Waals surface area contributed by atoms with Crippen molar-refractivity contribution in [1.82, 2.24) is 9.55 Å². The zero-order valence-corrected chi connectivity index (χ0v) is 9.20. The van der Waals surface area contributed by atoms with E-state index in [0.29, 0.717) is 5.56 Å². The minimum Gasteiger partial charge on any atom is -0.323 e. The van der Waals surface area contributed by atoms with Gasteiger partial charge in [-0.3, -0.25) is 19.7 Å². The molecule has 7 heteroatoms. The summed E-state index contributed by atoms with van der Waals surface area (Å²) < 4.78 is 1.13. The molecule has 2 rings (SSSR count). The molecule has 92 valence electrons. The van der Waals surface area contributed by atoms with Crippen LogP contribution in [0.1, 0.15) is 5.56 Å². The first kappa shape index (κ1) is 11.8. The highest BCUT2D eigenvalue weighted by Gasteiger charge is 2.13. The second kappa shape index (κ2) is 4.66. The zero-order valence-electron chi connectivity index (χ0n) is 9.20. The number of nitrogens with one attached hydrogen (secondary N) is 1. The number of hydrogen-bond acceptors (Lipinski definition) is 4. The molecule has 18 heavy (non-hydrogen) atoms. The molecule has 0 radical (unpaired) electrons. The first-order valence-electron chi connectivity index (χ1n) is 5.10. The molecule has 0 aliphatic heterocycles. The molecule has 1 N–H and O–H groups in total. The van der Waals surface area contributed by atoms with Gasteiger partial charge in [0.2, 0.25) is 0 Å². The number of H-pyrrole nitrogens is 1. The van der Waals surface area contributed by atoms with E-state index >= 15 is 0 Å². The van der Waals surface area contributed by atoms with Gasteiger partial charge in [0.1, 0.15) is 0 Å². The summed E-state index contributed by atoms with van der Waals surface area (Å²) in [7, 11) is 0. The Balaban J connectivity index is 2.47. The van der Waals surface area contributed by atoms with Crippen molar-refractivity contribution in [2.24, 2.45) is 0 Å². The molecular formula is C11H9N3O4. The molecule has 1 aromatic carbocycles. The average Bonchev–Trinajstić information content (AvgIpc) is 2.35. The number of nitro groups is 1. The molecule has 0 aliphatic rings. The Morgan fingerprint density at radius 2 is 2.00 bits per heavy atom. The summed E-state index contributed by atoms with van der Waals surface area (Å²) in [5.74, 6) is 0. The van der Waals surface area contributed by atoms with Crippen LogP contribution in [-0.2, 0) is 6.54 Å². The highest BCUT2D eigenvalue weighted by molar-refractivity contribution is 5.39. The van der Waals surface area contributed by atoms with Crippen LogP contribution in [0.2, 0.25) is 0 Å². The molecule has 0 bridgehead atoms. The van der Waals surface area contributed by atoms with E-state index in [1.165, 1.54) is 18.5 Å². The molecule has 0 spiro atoms.